The highest BCUT2D eigenvalue weighted by Gasteiger charge is 2.44. The number of nitrogens with zero attached hydrogens (tertiary/aromatic N) is 5. The molecule has 1 atom stereocenters. The molecule has 2 aromatic carbocycles. The minimum atomic E-state index is -0.978. The minimum Gasteiger partial charge on any atom is -0.481 e. The molecule has 1 amide bonds. The molecule has 3 aromatic rings. The van der Waals surface area contributed by atoms with Crippen molar-refractivity contribution in [2.45, 2.75) is 57.5 Å². The Morgan fingerprint density at radius 1 is 1.09 bits per heavy atom. The van der Waals surface area contributed by atoms with E-state index in [1.54, 1.807) is 0 Å². The van der Waals surface area contributed by atoms with E-state index in [0.717, 1.165) is 29.5 Å². The number of carboxylic acid groups (broad SMARTS) is 1. The summed E-state index contributed by atoms with van der Waals surface area (Å²) in [5.74, 6) is -0.809. The van der Waals surface area contributed by atoms with Crippen molar-refractivity contribution >= 4 is 11.9 Å². The fourth-order valence-electron chi connectivity index (χ4n) is 4.82. The van der Waals surface area contributed by atoms with E-state index in [4.69, 9.17) is 5.26 Å². The summed E-state index contributed by atoms with van der Waals surface area (Å²) in [5.41, 5.74) is 2.25. The SMILES string of the molecule is N#CCCn1nnnc1C(Cc1ccc(-c2ccccc2)cc1)NC(=O)C1(CC(=O)O)CCCC1. The molecule has 180 valence electrons. The number of carboxylic acids is 1. The Bertz CT molecular complexity index is 1190. The molecule has 0 spiro atoms. The van der Waals surface area contributed by atoms with Gasteiger partial charge < -0.3 is 10.4 Å². The molecule has 1 aromatic heterocycles. The first kappa shape index (κ1) is 24.1. The summed E-state index contributed by atoms with van der Waals surface area (Å²) >= 11 is 0. The number of carbonyl (C=O) groups excluding carboxylic acids is 1. The highest BCUT2D eigenvalue weighted by Crippen LogP contribution is 2.42. The molecular weight excluding hydrogens is 444 g/mol. The number of carbonyl (C=O) groups is 2. The number of hydrogen-bond donors (Lipinski definition) is 2. The van der Waals surface area contributed by atoms with Crippen molar-refractivity contribution in [3.63, 3.8) is 0 Å². The molecule has 35 heavy (non-hydrogen) atoms. The fourth-order valence-corrected chi connectivity index (χ4v) is 4.82. The van der Waals surface area contributed by atoms with Crippen LogP contribution < -0.4 is 5.32 Å². The highest BCUT2D eigenvalue weighted by molar-refractivity contribution is 5.87. The van der Waals surface area contributed by atoms with Crippen LogP contribution in [-0.4, -0.2) is 37.2 Å². The maximum atomic E-state index is 13.5. The number of amides is 1. The van der Waals surface area contributed by atoms with Gasteiger partial charge in [0.2, 0.25) is 5.91 Å². The number of aromatic nitrogens is 4. The summed E-state index contributed by atoms with van der Waals surface area (Å²) in [7, 11) is 0. The van der Waals surface area contributed by atoms with E-state index in [2.05, 4.69) is 26.9 Å². The van der Waals surface area contributed by atoms with Crippen molar-refractivity contribution in [2.24, 2.45) is 5.41 Å². The lowest BCUT2D eigenvalue weighted by atomic mass is 9.81. The second-order valence-corrected chi connectivity index (χ2v) is 9.02. The average Bonchev–Trinajstić information content (AvgIpc) is 3.53. The number of tetrazole rings is 1. The summed E-state index contributed by atoms with van der Waals surface area (Å²) < 4.78 is 1.53. The van der Waals surface area contributed by atoms with E-state index in [1.807, 2.05) is 54.6 Å². The lowest BCUT2D eigenvalue weighted by molar-refractivity contribution is -0.145. The van der Waals surface area contributed by atoms with Gasteiger partial charge in [0.05, 0.1) is 36.9 Å². The Hall–Kier alpha value is -4.06. The van der Waals surface area contributed by atoms with Crippen molar-refractivity contribution in [3.05, 3.63) is 66.0 Å². The fraction of sp³-hybridized carbons (Fsp3) is 0.385. The molecule has 0 aliphatic heterocycles. The third kappa shape index (κ3) is 5.72. The van der Waals surface area contributed by atoms with Gasteiger partial charge in [0.1, 0.15) is 0 Å². The Morgan fingerprint density at radius 3 is 2.43 bits per heavy atom. The molecule has 0 saturated heterocycles. The summed E-state index contributed by atoms with van der Waals surface area (Å²) in [5, 5.41) is 33.5. The average molecular weight is 473 g/mol. The monoisotopic (exact) mass is 472 g/mol. The second-order valence-electron chi connectivity index (χ2n) is 9.02. The van der Waals surface area contributed by atoms with Crippen LogP contribution in [0.25, 0.3) is 11.1 Å². The van der Waals surface area contributed by atoms with Crippen LogP contribution in [0.2, 0.25) is 0 Å². The van der Waals surface area contributed by atoms with Gasteiger partial charge >= 0.3 is 5.97 Å². The Kier molecular flexibility index (Phi) is 7.51. The number of aryl methyl sites for hydroxylation is 1. The molecule has 0 radical (unpaired) electrons. The number of nitriles is 1. The number of hydrogen-bond acceptors (Lipinski definition) is 6. The van der Waals surface area contributed by atoms with Crippen LogP contribution in [0.3, 0.4) is 0 Å². The van der Waals surface area contributed by atoms with Crippen LogP contribution in [0, 0.1) is 16.7 Å². The van der Waals surface area contributed by atoms with Crippen molar-refractivity contribution in [3.8, 4) is 17.2 Å². The first-order valence-corrected chi connectivity index (χ1v) is 11.8. The highest BCUT2D eigenvalue weighted by atomic mass is 16.4. The zero-order valence-corrected chi connectivity index (χ0v) is 19.4. The second kappa shape index (κ2) is 10.9. The topological polar surface area (TPSA) is 134 Å². The number of benzene rings is 2. The molecular formula is C26H28N6O3. The third-order valence-corrected chi connectivity index (χ3v) is 6.64. The zero-order valence-electron chi connectivity index (χ0n) is 19.4. The summed E-state index contributed by atoms with van der Waals surface area (Å²) in [6.45, 7) is 0.304. The maximum Gasteiger partial charge on any atom is 0.304 e. The number of aliphatic carboxylic acids is 1. The summed E-state index contributed by atoms with van der Waals surface area (Å²) in [4.78, 5) is 25.0. The van der Waals surface area contributed by atoms with E-state index >= 15 is 0 Å². The molecule has 9 heteroatoms. The molecule has 4 rings (SSSR count). The van der Waals surface area contributed by atoms with Gasteiger partial charge in [-0.3, -0.25) is 9.59 Å². The maximum absolute atomic E-state index is 13.5. The van der Waals surface area contributed by atoms with Gasteiger partial charge in [-0.25, -0.2) is 4.68 Å². The first-order chi connectivity index (χ1) is 17.0. The molecule has 0 bridgehead atoms. The quantitative estimate of drug-likeness (QED) is 0.459. The lowest BCUT2D eigenvalue weighted by Crippen LogP contribution is -2.43. The predicted molar refractivity (Wildman–Crippen MR) is 128 cm³/mol. The number of rotatable bonds is 10. The van der Waals surface area contributed by atoms with Gasteiger partial charge in [-0.1, -0.05) is 67.4 Å². The predicted octanol–water partition coefficient (Wildman–Crippen LogP) is 3.69. The lowest BCUT2D eigenvalue weighted by Gasteiger charge is -2.29. The summed E-state index contributed by atoms with van der Waals surface area (Å²) in [6.07, 6.45) is 3.20. The van der Waals surface area contributed by atoms with E-state index in [1.165, 1.54) is 4.68 Å². The van der Waals surface area contributed by atoms with E-state index < -0.39 is 17.4 Å². The van der Waals surface area contributed by atoms with Crippen molar-refractivity contribution < 1.29 is 14.7 Å². The first-order valence-electron chi connectivity index (χ1n) is 11.8. The van der Waals surface area contributed by atoms with Gasteiger partial charge in [0.15, 0.2) is 5.82 Å². The molecule has 9 nitrogen and oxygen atoms in total. The van der Waals surface area contributed by atoms with E-state index in [-0.39, 0.29) is 18.7 Å². The van der Waals surface area contributed by atoms with Crippen LogP contribution in [0.15, 0.2) is 54.6 Å². The van der Waals surface area contributed by atoms with Crippen molar-refractivity contribution in [2.75, 3.05) is 0 Å². The summed E-state index contributed by atoms with van der Waals surface area (Å²) in [6, 6.07) is 19.7. The van der Waals surface area contributed by atoms with Crippen LogP contribution in [-0.2, 0) is 22.6 Å². The van der Waals surface area contributed by atoms with Gasteiger partial charge in [0.25, 0.3) is 0 Å². The standard InChI is InChI=1S/C26H28N6O3/c27-15-6-16-32-24(29-30-31-32)22(28-25(35)26(18-23(33)34)13-4-5-14-26)17-19-9-11-21(12-10-19)20-7-2-1-3-8-20/h1-3,7-12,22H,4-6,13-14,16-18H2,(H,28,35)(H,33,34). The molecule has 1 unspecified atom stereocenters. The van der Waals surface area contributed by atoms with Crippen molar-refractivity contribution in [1.82, 2.24) is 25.5 Å². The van der Waals surface area contributed by atoms with Gasteiger partial charge in [0, 0.05) is 6.42 Å². The van der Waals surface area contributed by atoms with Crippen LogP contribution in [0.4, 0.5) is 0 Å². The molecule has 1 aliphatic carbocycles. The van der Waals surface area contributed by atoms with Crippen LogP contribution in [0.5, 0.6) is 0 Å². The van der Waals surface area contributed by atoms with E-state index in [0.29, 0.717) is 31.6 Å². The Morgan fingerprint density at radius 2 is 1.77 bits per heavy atom. The van der Waals surface area contributed by atoms with E-state index in [9.17, 15) is 14.7 Å². The molecule has 2 N–H and O–H groups in total. The molecule has 1 fully saturated rings. The molecule has 1 saturated carbocycles. The Labute approximate surface area is 203 Å². The number of nitrogens with one attached hydrogen (secondary N) is 1. The molecule has 1 heterocycles. The van der Waals surface area contributed by atoms with Crippen LogP contribution >= 0.6 is 0 Å². The van der Waals surface area contributed by atoms with Gasteiger partial charge in [-0.05, 0) is 40.0 Å². The largest absolute Gasteiger partial charge is 0.481 e. The van der Waals surface area contributed by atoms with Crippen LogP contribution in [0.1, 0.15) is 56.0 Å². The smallest absolute Gasteiger partial charge is 0.304 e. The Balaban J connectivity index is 1.60. The third-order valence-electron chi connectivity index (χ3n) is 6.64. The zero-order chi connectivity index (χ0) is 24.7. The normalized spacial score (nSPS) is 15.3. The molecule has 1 aliphatic rings. The minimum absolute atomic E-state index is 0.198. The van der Waals surface area contributed by atoms with Crippen molar-refractivity contribution in [1.29, 1.82) is 5.26 Å². The van der Waals surface area contributed by atoms with Gasteiger partial charge in [-0.15, -0.1) is 5.10 Å². The van der Waals surface area contributed by atoms with Gasteiger partial charge in [-0.2, -0.15) is 5.26 Å².